The lowest BCUT2D eigenvalue weighted by Gasteiger charge is -2.25. The maximum atomic E-state index is 5.92. The van der Waals surface area contributed by atoms with Gasteiger partial charge in [0.1, 0.15) is 0 Å². The highest BCUT2D eigenvalue weighted by Crippen LogP contribution is 2.31. The molecule has 2 rings (SSSR count). The fourth-order valence-electron chi connectivity index (χ4n) is 3.88. The van der Waals surface area contributed by atoms with E-state index in [9.17, 15) is 0 Å². The molecule has 0 aromatic heterocycles. The van der Waals surface area contributed by atoms with Crippen LogP contribution in [0.15, 0.2) is 24.3 Å². The number of unbranched alkanes of at least 4 members (excludes halogenated alkanes) is 7. The predicted molar refractivity (Wildman–Crippen MR) is 111 cm³/mol. The number of hydrogen-bond donors (Lipinski definition) is 0. The lowest BCUT2D eigenvalue weighted by atomic mass is 9.80. The first-order valence-electron chi connectivity index (χ1n) is 10.5. The number of benzene rings is 1. The van der Waals surface area contributed by atoms with Gasteiger partial charge in [-0.1, -0.05) is 88.2 Å². The fourth-order valence-corrected chi connectivity index (χ4v) is 4.01. The maximum Gasteiger partial charge on any atom is 0.0406 e. The average molecular weight is 359 g/mol. The monoisotopic (exact) mass is 358 g/mol. The second-order valence-electron chi connectivity index (χ2n) is 7.76. The Morgan fingerprint density at radius 3 is 2.08 bits per heavy atom. The van der Waals surface area contributed by atoms with Gasteiger partial charge < -0.3 is 0 Å². The van der Waals surface area contributed by atoms with E-state index in [4.69, 9.17) is 11.6 Å². The van der Waals surface area contributed by atoms with Gasteiger partial charge in [0, 0.05) is 16.5 Å². The Balaban J connectivity index is 1.54. The molecule has 1 aliphatic rings. The Morgan fingerprint density at radius 2 is 1.44 bits per heavy atom. The summed E-state index contributed by atoms with van der Waals surface area (Å²) in [5.41, 5.74) is 1.09. The maximum absolute atomic E-state index is 5.92. The molecular weight excluding hydrogens is 324 g/mol. The third-order valence-electron chi connectivity index (χ3n) is 5.58. The SMILES string of the molecule is CCCCCCCCCCC1CCC(C#Cc2ccc(Cl)cc2)CC1. The van der Waals surface area contributed by atoms with Crippen LogP contribution >= 0.6 is 11.6 Å². The Bertz CT molecular complexity index is 511. The van der Waals surface area contributed by atoms with Crippen molar-refractivity contribution < 1.29 is 0 Å². The van der Waals surface area contributed by atoms with Gasteiger partial charge in [0.2, 0.25) is 0 Å². The Labute approximate surface area is 160 Å². The van der Waals surface area contributed by atoms with Crippen molar-refractivity contribution in [3.63, 3.8) is 0 Å². The molecule has 0 radical (unpaired) electrons. The Hall–Kier alpha value is -0.930. The quantitative estimate of drug-likeness (QED) is 0.309. The van der Waals surface area contributed by atoms with Crippen molar-refractivity contribution in [2.75, 3.05) is 0 Å². The minimum atomic E-state index is 0.602. The molecule has 0 bridgehead atoms. The van der Waals surface area contributed by atoms with Gasteiger partial charge in [0.05, 0.1) is 0 Å². The van der Waals surface area contributed by atoms with E-state index in [-0.39, 0.29) is 0 Å². The summed E-state index contributed by atoms with van der Waals surface area (Å²) in [5, 5.41) is 0.784. The van der Waals surface area contributed by atoms with Crippen LogP contribution in [0.2, 0.25) is 5.02 Å². The summed E-state index contributed by atoms with van der Waals surface area (Å²) in [5.74, 6) is 8.38. The van der Waals surface area contributed by atoms with Crippen LogP contribution in [-0.4, -0.2) is 0 Å². The van der Waals surface area contributed by atoms with Crippen molar-refractivity contribution in [2.45, 2.75) is 90.4 Å². The van der Waals surface area contributed by atoms with E-state index in [2.05, 4.69) is 18.8 Å². The van der Waals surface area contributed by atoms with Gasteiger partial charge in [-0.3, -0.25) is 0 Å². The molecule has 1 heteroatoms. The molecule has 138 valence electrons. The first-order valence-corrected chi connectivity index (χ1v) is 10.9. The lowest BCUT2D eigenvalue weighted by Crippen LogP contribution is -2.13. The summed E-state index contributed by atoms with van der Waals surface area (Å²) in [6.07, 6.45) is 18.3. The molecule has 1 saturated carbocycles. The number of hydrogen-bond acceptors (Lipinski definition) is 0. The predicted octanol–water partition coefficient (Wildman–Crippen LogP) is 8.03. The molecule has 0 aliphatic heterocycles. The molecule has 0 spiro atoms. The van der Waals surface area contributed by atoms with E-state index in [1.807, 2.05) is 24.3 Å². The van der Waals surface area contributed by atoms with E-state index in [1.54, 1.807) is 0 Å². The smallest absolute Gasteiger partial charge is 0.0406 e. The van der Waals surface area contributed by atoms with Gasteiger partial charge in [-0.25, -0.2) is 0 Å². The topological polar surface area (TPSA) is 0 Å². The van der Waals surface area contributed by atoms with Crippen molar-refractivity contribution in [1.29, 1.82) is 0 Å². The highest BCUT2D eigenvalue weighted by molar-refractivity contribution is 6.30. The zero-order valence-corrected chi connectivity index (χ0v) is 16.8. The summed E-state index contributed by atoms with van der Waals surface area (Å²) < 4.78 is 0. The van der Waals surface area contributed by atoms with Crippen molar-refractivity contribution in [3.8, 4) is 11.8 Å². The van der Waals surface area contributed by atoms with Crippen molar-refractivity contribution >= 4 is 11.6 Å². The summed E-state index contributed by atoms with van der Waals surface area (Å²) in [6.45, 7) is 2.29. The number of rotatable bonds is 9. The third-order valence-corrected chi connectivity index (χ3v) is 5.83. The molecule has 0 atom stereocenters. The first-order chi connectivity index (χ1) is 12.3. The summed E-state index contributed by atoms with van der Waals surface area (Å²) in [4.78, 5) is 0. The van der Waals surface area contributed by atoms with Crippen LogP contribution in [0.5, 0.6) is 0 Å². The van der Waals surface area contributed by atoms with Gasteiger partial charge in [0.15, 0.2) is 0 Å². The van der Waals surface area contributed by atoms with E-state index < -0.39 is 0 Å². The van der Waals surface area contributed by atoms with Crippen LogP contribution in [0.1, 0.15) is 96.0 Å². The standard InChI is InChI=1S/C24H35Cl/c1-2-3-4-5-6-7-8-9-10-21-11-13-22(14-12-21)15-16-23-17-19-24(25)20-18-23/h17-22H,2-14H2,1H3. The minimum absolute atomic E-state index is 0.602. The molecule has 1 aromatic rings. The molecule has 1 aliphatic carbocycles. The Kier molecular flexibility index (Phi) is 10.1. The van der Waals surface area contributed by atoms with Crippen LogP contribution in [0, 0.1) is 23.7 Å². The van der Waals surface area contributed by atoms with Gasteiger partial charge in [-0.15, -0.1) is 0 Å². The lowest BCUT2D eigenvalue weighted by molar-refractivity contribution is 0.293. The minimum Gasteiger partial charge on any atom is -0.0945 e. The van der Waals surface area contributed by atoms with E-state index in [1.165, 1.54) is 83.5 Å². The molecule has 0 unspecified atom stereocenters. The highest BCUT2D eigenvalue weighted by Gasteiger charge is 2.19. The van der Waals surface area contributed by atoms with Crippen molar-refractivity contribution in [1.82, 2.24) is 0 Å². The van der Waals surface area contributed by atoms with Crippen LogP contribution in [0.3, 0.4) is 0 Å². The third kappa shape index (κ3) is 8.82. The van der Waals surface area contributed by atoms with Gasteiger partial charge in [-0.2, -0.15) is 0 Å². The average Bonchev–Trinajstić information content (AvgIpc) is 2.64. The molecule has 0 N–H and O–H groups in total. The molecule has 0 amide bonds. The van der Waals surface area contributed by atoms with Crippen LogP contribution in [0.25, 0.3) is 0 Å². The molecular formula is C24H35Cl. The van der Waals surface area contributed by atoms with Crippen LogP contribution in [0.4, 0.5) is 0 Å². The molecule has 0 saturated heterocycles. The fraction of sp³-hybridized carbons (Fsp3) is 0.667. The molecule has 0 nitrogen and oxygen atoms in total. The molecule has 1 aromatic carbocycles. The van der Waals surface area contributed by atoms with Crippen LogP contribution < -0.4 is 0 Å². The van der Waals surface area contributed by atoms with Crippen molar-refractivity contribution in [3.05, 3.63) is 34.9 Å². The van der Waals surface area contributed by atoms with Crippen LogP contribution in [-0.2, 0) is 0 Å². The van der Waals surface area contributed by atoms with Gasteiger partial charge in [-0.05, 0) is 55.9 Å². The van der Waals surface area contributed by atoms with E-state index in [0.29, 0.717) is 5.92 Å². The highest BCUT2D eigenvalue weighted by atomic mass is 35.5. The van der Waals surface area contributed by atoms with Crippen molar-refractivity contribution in [2.24, 2.45) is 11.8 Å². The molecule has 0 heterocycles. The summed E-state index contributed by atoms with van der Waals surface area (Å²) in [7, 11) is 0. The summed E-state index contributed by atoms with van der Waals surface area (Å²) in [6, 6.07) is 7.88. The summed E-state index contributed by atoms with van der Waals surface area (Å²) >= 11 is 5.92. The zero-order chi connectivity index (χ0) is 17.7. The van der Waals surface area contributed by atoms with Gasteiger partial charge >= 0.3 is 0 Å². The largest absolute Gasteiger partial charge is 0.0945 e. The van der Waals surface area contributed by atoms with E-state index in [0.717, 1.165) is 16.5 Å². The van der Waals surface area contributed by atoms with E-state index >= 15 is 0 Å². The zero-order valence-electron chi connectivity index (χ0n) is 16.0. The van der Waals surface area contributed by atoms with Gasteiger partial charge in [0.25, 0.3) is 0 Å². The normalized spacial score (nSPS) is 20.1. The second-order valence-corrected chi connectivity index (χ2v) is 8.19. The first kappa shape index (κ1) is 20.4. The number of halogens is 1. The molecule has 1 fully saturated rings. The molecule has 25 heavy (non-hydrogen) atoms. The Morgan fingerprint density at radius 1 is 0.840 bits per heavy atom. The second kappa shape index (κ2) is 12.4.